The Balaban J connectivity index is 1.34. The van der Waals surface area contributed by atoms with E-state index < -0.39 is 16.8 Å². The van der Waals surface area contributed by atoms with E-state index in [9.17, 15) is 19.7 Å². The van der Waals surface area contributed by atoms with Gasteiger partial charge in [-0.3, -0.25) is 14.9 Å². The number of carbonyl (C=O) groups is 2. The number of nitro benzene ring substituents is 1. The molecule has 0 saturated heterocycles. The number of ether oxygens (including phenoxy) is 2. The smallest absolute Gasteiger partial charge is 0.343 e. The van der Waals surface area contributed by atoms with E-state index in [-0.39, 0.29) is 28.4 Å². The third-order valence-electron chi connectivity index (χ3n) is 6.19. The lowest BCUT2D eigenvalue weighted by Gasteiger charge is -2.10. The number of rotatable bonds is 8. The van der Waals surface area contributed by atoms with E-state index in [2.05, 4.69) is 15.5 Å². The molecule has 0 bridgehead atoms. The highest BCUT2D eigenvalue weighted by Gasteiger charge is 2.21. The average Bonchev–Trinajstić information content (AvgIpc) is 3.38. The molecule has 0 saturated carbocycles. The zero-order valence-electron chi connectivity index (χ0n) is 21.8. The molecule has 1 aromatic heterocycles. The number of methoxy groups -OCH3 is 1. The summed E-state index contributed by atoms with van der Waals surface area (Å²) in [7, 11) is 1.40. The second kappa shape index (κ2) is 12.1. The normalized spacial score (nSPS) is 11.0. The van der Waals surface area contributed by atoms with Crippen LogP contribution in [0.4, 0.5) is 5.69 Å². The number of H-pyrrole nitrogens is 1. The molecular formula is C30H20Cl2N4O6. The van der Waals surface area contributed by atoms with Gasteiger partial charge in [-0.2, -0.15) is 5.10 Å². The van der Waals surface area contributed by atoms with Crippen LogP contribution in [0.1, 0.15) is 26.4 Å². The molecule has 0 aliphatic heterocycles. The second-order valence-electron chi connectivity index (χ2n) is 8.85. The number of nitrogens with one attached hydrogen (secondary N) is 2. The number of aromatic nitrogens is 1. The van der Waals surface area contributed by atoms with Crippen LogP contribution in [0.25, 0.3) is 22.0 Å². The van der Waals surface area contributed by atoms with Crippen LogP contribution < -0.4 is 14.9 Å². The van der Waals surface area contributed by atoms with Gasteiger partial charge < -0.3 is 14.5 Å². The SMILES string of the molecule is COc1cc(C=NNC(=O)c2[nH]c3cc(Cl)cc(Cl)c3c2-c2ccccc2)ccc1OC(=O)c1ccc([N+](=O)[O-])cc1. The molecule has 0 spiro atoms. The van der Waals surface area contributed by atoms with Gasteiger partial charge in [0.2, 0.25) is 0 Å². The highest BCUT2D eigenvalue weighted by atomic mass is 35.5. The number of aromatic amines is 1. The number of fused-ring (bicyclic) bond motifs is 1. The Hall–Kier alpha value is -5.19. The first kappa shape index (κ1) is 28.3. The number of hydrazone groups is 1. The fourth-order valence-electron chi connectivity index (χ4n) is 4.26. The fraction of sp³-hybridized carbons (Fsp3) is 0.0333. The minimum absolute atomic E-state index is 0.128. The molecule has 42 heavy (non-hydrogen) atoms. The lowest BCUT2D eigenvalue weighted by Crippen LogP contribution is -2.18. The molecule has 5 rings (SSSR count). The van der Waals surface area contributed by atoms with Crippen molar-refractivity contribution in [3.63, 3.8) is 0 Å². The number of non-ortho nitro benzene ring substituents is 1. The van der Waals surface area contributed by atoms with Gasteiger partial charge in [-0.15, -0.1) is 0 Å². The van der Waals surface area contributed by atoms with Crippen molar-refractivity contribution in [2.45, 2.75) is 0 Å². The molecule has 1 heterocycles. The molecule has 0 fully saturated rings. The predicted molar refractivity (Wildman–Crippen MR) is 160 cm³/mol. The van der Waals surface area contributed by atoms with Crippen LogP contribution in [-0.2, 0) is 0 Å². The molecule has 210 valence electrons. The summed E-state index contributed by atoms with van der Waals surface area (Å²) in [6.45, 7) is 0. The van der Waals surface area contributed by atoms with Crippen molar-refractivity contribution >= 4 is 57.9 Å². The fourth-order valence-corrected chi connectivity index (χ4v) is 4.85. The molecule has 1 amide bonds. The third kappa shape index (κ3) is 5.95. The summed E-state index contributed by atoms with van der Waals surface area (Å²) in [6.07, 6.45) is 1.40. The Morgan fingerprint density at radius 1 is 0.976 bits per heavy atom. The van der Waals surface area contributed by atoms with E-state index in [1.54, 1.807) is 24.3 Å². The van der Waals surface area contributed by atoms with E-state index in [1.165, 1.54) is 43.7 Å². The van der Waals surface area contributed by atoms with Gasteiger partial charge in [0.05, 0.1) is 28.8 Å². The number of hydrogen-bond acceptors (Lipinski definition) is 7. The van der Waals surface area contributed by atoms with Crippen molar-refractivity contribution in [3.05, 3.63) is 122 Å². The number of amides is 1. The lowest BCUT2D eigenvalue weighted by atomic mass is 10.0. The van der Waals surface area contributed by atoms with Crippen molar-refractivity contribution < 1.29 is 24.0 Å². The molecule has 10 nitrogen and oxygen atoms in total. The van der Waals surface area contributed by atoms with Gasteiger partial charge in [0, 0.05) is 33.6 Å². The van der Waals surface area contributed by atoms with Gasteiger partial charge in [0.1, 0.15) is 5.69 Å². The number of halogens is 2. The number of hydrogen-bond donors (Lipinski definition) is 2. The first-order valence-corrected chi connectivity index (χ1v) is 13.0. The highest BCUT2D eigenvalue weighted by Crippen LogP contribution is 2.38. The maximum absolute atomic E-state index is 13.2. The van der Waals surface area contributed by atoms with Crippen molar-refractivity contribution in [2.75, 3.05) is 7.11 Å². The van der Waals surface area contributed by atoms with E-state index in [4.69, 9.17) is 32.7 Å². The second-order valence-corrected chi connectivity index (χ2v) is 9.70. The molecule has 0 radical (unpaired) electrons. The van der Waals surface area contributed by atoms with Crippen molar-refractivity contribution in [1.29, 1.82) is 0 Å². The van der Waals surface area contributed by atoms with Crippen LogP contribution in [-0.4, -0.2) is 35.1 Å². The Morgan fingerprint density at radius 2 is 1.71 bits per heavy atom. The molecule has 12 heteroatoms. The zero-order valence-corrected chi connectivity index (χ0v) is 23.3. The summed E-state index contributed by atoms with van der Waals surface area (Å²) in [4.78, 5) is 39.1. The predicted octanol–water partition coefficient (Wildman–Crippen LogP) is 7.04. The molecular weight excluding hydrogens is 583 g/mol. The molecule has 0 atom stereocenters. The average molecular weight is 603 g/mol. The molecule has 0 unspecified atom stereocenters. The van der Waals surface area contributed by atoms with Gasteiger partial charge in [-0.05, 0) is 53.6 Å². The van der Waals surface area contributed by atoms with Crippen LogP contribution in [0.2, 0.25) is 10.0 Å². The summed E-state index contributed by atoms with van der Waals surface area (Å²) in [5.41, 5.74) is 5.29. The first-order valence-electron chi connectivity index (χ1n) is 12.3. The van der Waals surface area contributed by atoms with Crippen LogP contribution in [0, 0.1) is 10.1 Å². The van der Waals surface area contributed by atoms with E-state index in [0.717, 1.165) is 5.56 Å². The number of benzene rings is 4. The van der Waals surface area contributed by atoms with Gasteiger partial charge in [0.15, 0.2) is 11.5 Å². The minimum Gasteiger partial charge on any atom is -0.493 e. The van der Waals surface area contributed by atoms with Crippen molar-refractivity contribution in [2.24, 2.45) is 5.10 Å². The van der Waals surface area contributed by atoms with Crippen LogP contribution in [0.3, 0.4) is 0 Å². The largest absolute Gasteiger partial charge is 0.493 e. The van der Waals surface area contributed by atoms with Crippen molar-refractivity contribution in [3.8, 4) is 22.6 Å². The standard InChI is InChI=1S/C30H20Cl2N4O6/c1-41-25-13-17(7-12-24(25)42-30(38)19-8-10-21(11-9-19)36(39)40)16-33-35-29(37)28-26(18-5-3-2-4-6-18)27-22(32)14-20(31)15-23(27)34-28/h2-16,34H,1H3,(H,35,37). The summed E-state index contributed by atoms with van der Waals surface area (Å²) in [5, 5.41) is 16.4. The Kier molecular flexibility index (Phi) is 8.19. The molecule has 0 aliphatic carbocycles. The summed E-state index contributed by atoms with van der Waals surface area (Å²) >= 11 is 12.7. The first-order chi connectivity index (χ1) is 20.2. The number of nitrogens with zero attached hydrogens (tertiary/aromatic N) is 2. The highest BCUT2D eigenvalue weighted by molar-refractivity contribution is 6.40. The Morgan fingerprint density at radius 3 is 2.40 bits per heavy atom. The molecule has 4 aromatic carbocycles. The minimum atomic E-state index is -0.717. The van der Waals surface area contributed by atoms with Crippen LogP contribution in [0.5, 0.6) is 11.5 Å². The zero-order chi connectivity index (χ0) is 29.8. The molecule has 0 aliphatic rings. The Bertz CT molecular complexity index is 1850. The van der Waals surface area contributed by atoms with Gasteiger partial charge in [-0.25, -0.2) is 10.2 Å². The number of esters is 1. The summed E-state index contributed by atoms with van der Waals surface area (Å²) in [6, 6.07) is 22.3. The third-order valence-corrected chi connectivity index (χ3v) is 6.70. The summed E-state index contributed by atoms with van der Waals surface area (Å²) < 4.78 is 10.8. The monoisotopic (exact) mass is 602 g/mol. The number of carbonyl (C=O) groups excluding carboxylic acids is 2. The Labute approximate surface area is 248 Å². The van der Waals surface area contributed by atoms with E-state index >= 15 is 0 Å². The van der Waals surface area contributed by atoms with E-state index in [0.29, 0.717) is 32.1 Å². The maximum Gasteiger partial charge on any atom is 0.343 e. The maximum atomic E-state index is 13.2. The van der Waals surface area contributed by atoms with E-state index in [1.807, 2.05) is 30.3 Å². The van der Waals surface area contributed by atoms with Crippen LogP contribution in [0.15, 0.2) is 90.0 Å². The van der Waals surface area contributed by atoms with Crippen LogP contribution >= 0.6 is 23.2 Å². The lowest BCUT2D eigenvalue weighted by molar-refractivity contribution is -0.384. The van der Waals surface area contributed by atoms with Gasteiger partial charge in [0.25, 0.3) is 11.6 Å². The quantitative estimate of drug-likeness (QED) is 0.0642. The van der Waals surface area contributed by atoms with Gasteiger partial charge in [-0.1, -0.05) is 53.5 Å². The topological polar surface area (TPSA) is 136 Å². The molecule has 2 N–H and O–H groups in total. The number of nitro groups is 1. The van der Waals surface area contributed by atoms with Crippen molar-refractivity contribution in [1.82, 2.24) is 10.4 Å². The van der Waals surface area contributed by atoms with Gasteiger partial charge >= 0.3 is 5.97 Å². The summed E-state index contributed by atoms with van der Waals surface area (Å²) in [5.74, 6) is -0.864. The molecule has 5 aromatic rings.